The van der Waals surface area contributed by atoms with Gasteiger partial charge in [-0.3, -0.25) is 14.3 Å². The van der Waals surface area contributed by atoms with Gasteiger partial charge in [0.25, 0.3) is 5.56 Å². The molecule has 4 heterocycles. The molecule has 0 radical (unpaired) electrons. The predicted octanol–water partition coefficient (Wildman–Crippen LogP) is 5.01. The third-order valence-electron chi connectivity index (χ3n) is 6.69. The van der Waals surface area contributed by atoms with Gasteiger partial charge in [-0.2, -0.15) is 4.98 Å². The van der Waals surface area contributed by atoms with Crippen LogP contribution in [0.3, 0.4) is 0 Å². The number of ether oxygens (including phenoxy) is 1. The van der Waals surface area contributed by atoms with Crippen molar-refractivity contribution >= 4 is 33.6 Å². The van der Waals surface area contributed by atoms with Crippen molar-refractivity contribution in [2.24, 2.45) is 0 Å². The van der Waals surface area contributed by atoms with Crippen molar-refractivity contribution in [1.82, 2.24) is 29.5 Å². The molecule has 0 fully saturated rings. The molecule has 0 bridgehead atoms. The molecule has 1 atom stereocenters. The molecule has 6 rings (SSSR count). The average molecular weight is 531 g/mol. The van der Waals surface area contributed by atoms with Gasteiger partial charge < -0.3 is 15.4 Å². The van der Waals surface area contributed by atoms with Crippen molar-refractivity contribution in [3.8, 4) is 22.8 Å². The van der Waals surface area contributed by atoms with Crippen LogP contribution in [0.1, 0.15) is 18.7 Å². The van der Waals surface area contributed by atoms with Crippen molar-refractivity contribution in [3.05, 3.63) is 101 Å². The van der Waals surface area contributed by atoms with E-state index in [0.29, 0.717) is 28.2 Å². The Bertz CT molecular complexity index is 1890. The van der Waals surface area contributed by atoms with Crippen LogP contribution in [0.4, 0.5) is 11.8 Å². The molecule has 0 saturated heterocycles. The highest BCUT2D eigenvalue weighted by Gasteiger charge is 2.20. The normalized spacial score (nSPS) is 11.9. The van der Waals surface area contributed by atoms with E-state index in [1.165, 1.54) is 7.11 Å². The van der Waals surface area contributed by atoms with E-state index in [1.54, 1.807) is 30.2 Å². The van der Waals surface area contributed by atoms with Crippen molar-refractivity contribution < 1.29 is 4.74 Å². The summed E-state index contributed by atoms with van der Waals surface area (Å²) in [6, 6.07) is 21.1. The predicted molar refractivity (Wildman–Crippen MR) is 156 cm³/mol. The molecule has 10 nitrogen and oxygen atoms in total. The van der Waals surface area contributed by atoms with Gasteiger partial charge in [0, 0.05) is 42.6 Å². The molecule has 0 spiro atoms. The molecule has 0 amide bonds. The maximum absolute atomic E-state index is 14.4. The minimum absolute atomic E-state index is 0.152. The first kappa shape index (κ1) is 24.9. The highest BCUT2D eigenvalue weighted by atomic mass is 16.5. The highest BCUT2D eigenvalue weighted by Crippen LogP contribution is 2.31. The minimum atomic E-state index is -0.324. The van der Waals surface area contributed by atoms with Gasteiger partial charge in [-0.05, 0) is 48.2 Å². The fourth-order valence-corrected chi connectivity index (χ4v) is 4.80. The van der Waals surface area contributed by atoms with E-state index in [0.717, 1.165) is 27.9 Å². The van der Waals surface area contributed by atoms with Crippen LogP contribution in [0, 0.1) is 0 Å². The number of aromatic nitrogens is 6. The van der Waals surface area contributed by atoms with Crippen LogP contribution in [0.15, 0.2) is 90.1 Å². The summed E-state index contributed by atoms with van der Waals surface area (Å²) in [5, 5.41) is 7.87. The standard InChI is InChI=1S/C30H26N8O2/c1-18(35-27-26-23(13-8-14-32-26)36-29(31-2)37-27)24-15-19-9-7-12-22(20-16-33-30(40-3)34-17-20)25(19)28(39)38(24)21-10-5-4-6-11-21/h4-18H,1-3H3,(H2,31,35,36,37)/t18-/m0/s1. The Hall–Kier alpha value is -5.38. The zero-order valence-electron chi connectivity index (χ0n) is 22.2. The summed E-state index contributed by atoms with van der Waals surface area (Å²) in [6.07, 6.45) is 5.04. The van der Waals surface area contributed by atoms with Crippen LogP contribution in [0.5, 0.6) is 6.01 Å². The zero-order chi connectivity index (χ0) is 27.6. The monoisotopic (exact) mass is 530 g/mol. The summed E-state index contributed by atoms with van der Waals surface area (Å²) < 4.78 is 6.85. The van der Waals surface area contributed by atoms with Crippen molar-refractivity contribution in [3.63, 3.8) is 0 Å². The Kier molecular flexibility index (Phi) is 6.49. The molecular formula is C30H26N8O2. The maximum Gasteiger partial charge on any atom is 0.316 e. The Labute approximate surface area is 229 Å². The lowest BCUT2D eigenvalue weighted by molar-refractivity contribution is 0.380. The molecule has 40 heavy (non-hydrogen) atoms. The van der Waals surface area contributed by atoms with Crippen LogP contribution in [0.25, 0.3) is 38.6 Å². The van der Waals surface area contributed by atoms with Crippen LogP contribution in [0.2, 0.25) is 0 Å². The van der Waals surface area contributed by atoms with E-state index in [2.05, 4.69) is 35.6 Å². The quantitative estimate of drug-likeness (QED) is 0.293. The smallest absolute Gasteiger partial charge is 0.316 e. The van der Waals surface area contributed by atoms with Gasteiger partial charge in [0.05, 0.1) is 24.1 Å². The molecular weight excluding hydrogens is 504 g/mol. The lowest BCUT2D eigenvalue weighted by atomic mass is 9.99. The van der Waals surface area contributed by atoms with Crippen molar-refractivity contribution in [2.75, 3.05) is 24.8 Å². The number of methoxy groups -OCH3 is 1. The molecule has 198 valence electrons. The third-order valence-corrected chi connectivity index (χ3v) is 6.69. The first-order valence-corrected chi connectivity index (χ1v) is 12.7. The number of rotatable bonds is 7. The molecule has 0 aliphatic carbocycles. The summed E-state index contributed by atoms with van der Waals surface area (Å²) in [4.78, 5) is 36.5. The van der Waals surface area contributed by atoms with E-state index in [1.807, 2.05) is 73.7 Å². The van der Waals surface area contributed by atoms with Gasteiger partial charge in [-0.15, -0.1) is 0 Å². The van der Waals surface area contributed by atoms with Crippen LogP contribution >= 0.6 is 0 Å². The van der Waals surface area contributed by atoms with Crippen LogP contribution < -0.4 is 20.9 Å². The second-order valence-corrected chi connectivity index (χ2v) is 9.16. The van der Waals surface area contributed by atoms with E-state index in [9.17, 15) is 4.79 Å². The summed E-state index contributed by atoms with van der Waals surface area (Å²) in [5.74, 6) is 1.04. The molecule has 2 aromatic carbocycles. The number of hydrogen-bond acceptors (Lipinski definition) is 9. The number of nitrogens with zero attached hydrogens (tertiary/aromatic N) is 6. The van der Waals surface area contributed by atoms with Gasteiger partial charge >= 0.3 is 6.01 Å². The van der Waals surface area contributed by atoms with Crippen molar-refractivity contribution in [1.29, 1.82) is 0 Å². The third kappa shape index (κ3) is 4.45. The number of benzene rings is 2. The Morgan fingerprint density at radius 2 is 1.73 bits per heavy atom. The van der Waals surface area contributed by atoms with Gasteiger partial charge in [-0.25, -0.2) is 15.0 Å². The van der Waals surface area contributed by atoms with E-state index in [-0.39, 0.29) is 17.6 Å². The lowest BCUT2D eigenvalue weighted by Gasteiger charge is -2.22. The molecule has 10 heteroatoms. The second-order valence-electron chi connectivity index (χ2n) is 9.16. The zero-order valence-corrected chi connectivity index (χ0v) is 22.2. The molecule has 4 aromatic heterocycles. The SMILES string of the molecule is CNc1nc(N[C@@H](C)c2cc3cccc(-c4cnc(OC)nc4)c3c(=O)n2-c2ccccc2)c2ncccc2n1. The first-order valence-electron chi connectivity index (χ1n) is 12.7. The molecule has 0 unspecified atom stereocenters. The van der Waals surface area contributed by atoms with E-state index in [4.69, 9.17) is 4.74 Å². The molecule has 0 saturated carbocycles. The van der Waals surface area contributed by atoms with E-state index < -0.39 is 0 Å². The summed E-state index contributed by atoms with van der Waals surface area (Å²) in [6.45, 7) is 2.00. The Balaban J connectivity index is 1.55. The lowest BCUT2D eigenvalue weighted by Crippen LogP contribution is -2.26. The summed E-state index contributed by atoms with van der Waals surface area (Å²) >= 11 is 0. The number of pyridine rings is 2. The molecule has 2 N–H and O–H groups in total. The minimum Gasteiger partial charge on any atom is -0.467 e. The number of anilines is 2. The maximum atomic E-state index is 14.4. The topological polar surface area (TPSA) is 120 Å². The van der Waals surface area contributed by atoms with Crippen LogP contribution in [-0.2, 0) is 0 Å². The Morgan fingerprint density at radius 3 is 2.48 bits per heavy atom. The fraction of sp³-hybridized carbons (Fsp3) is 0.133. The summed E-state index contributed by atoms with van der Waals surface area (Å²) in [7, 11) is 3.29. The molecule has 0 aliphatic rings. The van der Waals surface area contributed by atoms with Crippen LogP contribution in [-0.4, -0.2) is 43.6 Å². The average Bonchev–Trinajstić information content (AvgIpc) is 3.01. The number of para-hydroxylation sites is 1. The van der Waals surface area contributed by atoms with Gasteiger partial charge in [0.15, 0.2) is 5.82 Å². The number of fused-ring (bicyclic) bond motifs is 2. The second kappa shape index (κ2) is 10.4. The molecule has 6 aromatic rings. The fourth-order valence-electron chi connectivity index (χ4n) is 4.80. The van der Waals surface area contributed by atoms with Gasteiger partial charge in [0.2, 0.25) is 5.95 Å². The van der Waals surface area contributed by atoms with Gasteiger partial charge in [0.1, 0.15) is 5.52 Å². The first-order chi connectivity index (χ1) is 19.6. The largest absolute Gasteiger partial charge is 0.467 e. The number of hydrogen-bond donors (Lipinski definition) is 2. The van der Waals surface area contributed by atoms with Crippen molar-refractivity contribution in [2.45, 2.75) is 13.0 Å². The number of nitrogens with one attached hydrogen (secondary N) is 2. The van der Waals surface area contributed by atoms with E-state index >= 15 is 0 Å². The Morgan fingerprint density at radius 1 is 0.925 bits per heavy atom. The molecule has 0 aliphatic heterocycles. The summed E-state index contributed by atoms with van der Waals surface area (Å²) in [5.41, 5.74) is 4.18. The highest BCUT2D eigenvalue weighted by molar-refractivity contribution is 5.96. The van der Waals surface area contributed by atoms with Gasteiger partial charge in [-0.1, -0.05) is 36.4 Å².